The fourth-order valence-corrected chi connectivity index (χ4v) is 2.02. The van der Waals surface area contributed by atoms with Crippen molar-refractivity contribution in [2.24, 2.45) is 0 Å². The molecule has 0 bridgehead atoms. The zero-order valence-corrected chi connectivity index (χ0v) is 11.7. The summed E-state index contributed by atoms with van der Waals surface area (Å²) in [5, 5.41) is 3.98. The van der Waals surface area contributed by atoms with Crippen LogP contribution in [0.5, 0.6) is 5.75 Å². The Morgan fingerprint density at radius 3 is 2.81 bits per heavy atom. The van der Waals surface area contributed by atoms with Gasteiger partial charge in [-0.25, -0.2) is 0 Å². The fourth-order valence-electron chi connectivity index (χ4n) is 2.02. The van der Waals surface area contributed by atoms with Gasteiger partial charge in [0.05, 0.1) is 12.8 Å². The second-order valence-corrected chi connectivity index (χ2v) is 4.55. The highest BCUT2D eigenvalue weighted by molar-refractivity contribution is 5.66. The maximum Gasteiger partial charge on any atom is 0.258 e. The molecular weight excluding hydrogens is 268 g/mol. The second kappa shape index (κ2) is 5.24. The third-order valence-electron chi connectivity index (χ3n) is 3.12. The van der Waals surface area contributed by atoms with Crippen molar-refractivity contribution in [2.45, 2.75) is 6.92 Å². The molecular formula is C15H14N4O2. The van der Waals surface area contributed by atoms with Crippen LogP contribution in [-0.2, 0) is 0 Å². The van der Waals surface area contributed by atoms with Crippen LogP contribution in [-0.4, -0.2) is 22.2 Å². The molecule has 0 amide bonds. The van der Waals surface area contributed by atoms with Gasteiger partial charge in [0.1, 0.15) is 11.4 Å². The van der Waals surface area contributed by atoms with Gasteiger partial charge in [-0.15, -0.1) is 0 Å². The number of nitrogens with zero attached hydrogens (tertiary/aromatic N) is 3. The van der Waals surface area contributed by atoms with E-state index in [4.69, 9.17) is 15.0 Å². The minimum absolute atomic E-state index is 0.393. The number of methoxy groups -OCH3 is 1. The molecule has 2 aromatic heterocycles. The van der Waals surface area contributed by atoms with Crippen LogP contribution in [0.3, 0.4) is 0 Å². The molecule has 2 heterocycles. The molecule has 0 saturated heterocycles. The largest absolute Gasteiger partial charge is 0.495 e. The smallest absolute Gasteiger partial charge is 0.258 e. The first-order valence-corrected chi connectivity index (χ1v) is 6.38. The SMILES string of the molecule is COc1ccc(-c2nc(-c3ncccc3C)no2)cc1N. The number of ether oxygens (including phenoxy) is 1. The van der Waals surface area contributed by atoms with Gasteiger partial charge in [0, 0.05) is 11.8 Å². The van der Waals surface area contributed by atoms with Gasteiger partial charge in [0.25, 0.3) is 5.89 Å². The van der Waals surface area contributed by atoms with E-state index < -0.39 is 0 Å². The summed E-state index contributed by atoms with van der Waals surface area (Å²) >= 11 is 0. The van der Waals surface area contributed by atoms with Gasteiger partial charge >= 0.3 is 0 Å². The summed E-state index contributed by atoms with van der Waals surface area (Å²) in [5.74, 6) is 1.46. The van der Waals surface area contributed by atoms with E-state index in [1.807, 2.05) is 25.1 Å². The van der Waals surface area contributed by atoms with Crippen LogP contribution < -0.4 is 10.5 Å². The number of aromatic nitrogens is 3. The lowest BCUT2D eigenvalue weighted by Crippen LogP contribution is -1.92. The molecule has 0 unspecified atom stereocenters. The van der Waals surface area contributed by atoms with Gasteiger partial charge in [0.2, 0.25) is 5.82 Å². The van der Waals surface area contributed by atoms with Gasteiger partial charge in [-0.2, -0.15) is 4.98 Å². The molecule has 3 rings (SSSR count). The number of rotatable bonds is 3. The molecule has 0 aliphatic carbocycles. The summed E-state index contributed by atoms with van der Waals surface area (Å²) < 4.78 is 10.4. The lowest BCUT2D eigenvalue weighted by Gasteiger charge is -2.04. The lowest BCUT2D eigenvalue weighted by atomic mass is 10.2. The topological polar surface area (TPSA) is 87.1 Å². The molecule has 0 radical (unpaired) electrons. The predicted octanol–water partition coefficient (Wildman–Crippen LogP) is 2.70. The van der Waals surface area contributed by atoms with Crippen LogP contribution in [0.4, 0.5) is 5.69 Å². The van der Waals surface area contributed by atoms with Gasteiger partial charge in [-0.1, -0.05) is 11.2 Å². The highest BCUT2D eigenvalue weighted by Gasteiger charge is 2.14. The van der Waals surface area contributed by atoms with Crippen LogP contribution in [0.1, 0.15) is 5.56 Å². The second-order valence-electron chi connectivity index (χ2n) is 4.55. The molecule has 0 atom stereocenters. The van der Waals surface area contributed by atoms with Gasteiger partial charge in [-0.05, 0) is 36.8 Å². The summed E-state index contributed by atoms with van der Waals surface area (Å²) in [7, 11) is 1.57. The average molecular weight is 282 g/mol. The molecule has 6 heteroatoms. The quantitative estimate of drug-likeness (QED) is 0.743. The molecule has 1 aromatic carbocycles. The Bertz CT molecular complexity index is 783. The highest BCUT2D eigenvalue weighted by atomic mass is 16.5. The number of nitrogen functional groups attached to an aromatic ring is 1. The number of aryl methyl sites for hydroxylation is 1. The van der Waals surface area contributed by atoms with E-state index in [2.05, 4.69) is 15.1 Å². The van der Waals surface area contributed by atoms with E-state index in [1.54, 1.807) is 25.4 Å². The first-order chi connectivity index (χ1) is 10.2. The third-order valence-corrected chi connectivity index (χ3v) is 3.12. The van der Waals surface area contributed by atoms with E-state index in [9.17, 15) is 0 Å². The first kappa shape index (κ1) is 13.1. The Hall–Kier alpha value is -2.89. The maximum atomic E-state index is 5.88. The summed E-state index contributed by atoms with van der Waals surface area (Å²) in [6.07, 6.45) is 1.70. The van der Waals surface area contributed by atoms with E-state index >= 15 is 0 Å². The molecule has 0 aliphatic rings. The average Bonchev–Trinajstić information content (AvgIpc) is 2.97. The number of pyridine rings is 1. The fraction of sp³-hybridized carbons (Fsp3) is 0.133. The third kappa shape index (κ3) is 2.43. The molecule has 21 heavy (non-hydrogen) atoms. The zero-order chi connectivity index (χ0) is 14.8. The monoisotopic (exact) mass is 282 g/mol. The van der Waals surface area contributed by atoms with E-state index in [1.165, 1.54) is 0 Å². The zero-order valence-electron chi connectivity index (χ0n) is 11.7. The van der Waals surface area contributed by atoms with Crippen molar-refractivity contribution in [3.8, 4) is 28.7 Å². The van der Waals surface area contributed by atoms with E-state index in [0.29, 0.717) is 28.8 Å². The Labute approximate surface area is 121 Å². The van der Waals surface area contributed by atoms with Crippen molar-refractivity contribution in [1.82, 2.24) is 15.1 Å². The Balaban J connectivity index is 1.99. The summed E-state index contributed by atoms with van der Waals surface area (Å²) in [4.78, 5) is 8.64. The van der Waals surface area contributed by atoms with Gasteiger partial charge in [0.15, 0.2) is 0 Å². The normalized spacial score (nSPS) is 10.6. The number of nitrogens with two attached hydrogens (primary N) is 1. The van der Waals surface area contributed by atoms with Crippen LogP contribution in [0.15, 0.2) is 41.1 Å². The minimum Gasteiger partial charge on any atom is -0.495 e. The number of hydrogen-bond acceptors (Lipinski definition) is 6. The Morgan fingerprint density at radius 2 is 2.10 bits per heavy atom. The highest BCUT2D eigenvalue weighted by Crippen LogP contribution is 2.28. The summed E-state index contributed by atoms with van der Waals surface area (Å²) in [6.45, 7) is 1.95. The molecule has 0 aliphatic heterocycles. The molecule has 0 saturated carbocycles. The van der Waals surface area contributed by atoms with Gasteiger partial charge < -0.3 is 15.0 Å². The van der Waals surface area contributed by atoms with Crippen molar-refractivity contribution in [3.63, 3.8) is 0 Å². The summed E-state index contributed by atoms with van der Waals surface area (Å²) in [6, 6.07) is 9.13. The van der Waals surface area contributed by atoms with Crippen LogP contribution >= 0.6 is 0 Å². The van der Waals surface area contributed by atoms with Crippen molar-refractivity contribution in [2.75, 3.05) is 12.8 Å². The number of anilines is 1. The Kier molecular flexibility index (Phi) is 3.27. The lowest BCUT2D eigenvalue weighted by molar-refractivity contribution is 0.416. The summed E-state index contributed by atoms with van der Waals surface area (Å²) in [5.41, 5.74) is 8.83. The molecule has 3 aromatic rings. The van der Waals surface area contributed by atoms with Crippen LogP contribution in [0.25, 0.3) is 23.0 Å². The maximum absolute atomic E-state index is 5.88. The van der Waals surface area contributed by atoms with Crippen molar-refractivity contribution in [1.29, 1.82) is 0 Å². The standard InChI is InChI=1S/C15H14N4O2/c1-9-4-3-7-17-13(9)14-18-15(21-19-14)10-5-6-12(20-2)11(16)8-10/h3-8H,16H2,1-2H3. The minimum atomic E-state index is 0.393. The van der Waals surface area contributed by atoms with Crippen LogP contribution in [0.2, 0.25) is 0 Å². The number of benzene rings is 1. The predicted molar refractivity (Wildman–Crippen MR) is 78.7 cm³/mol. The van der Waals surface area contributed by atoms with Crippen molar-refractivity contribution < 1.29 is 9.26 Å². The van der Waals surface area contributed by atoms with Crippen LogP contribution in [0, 0.1) is 6.92 Å². The first-order valence-electron chi connectivity index (χ1n) is 6.38. The van der Waals surface area contributed by atoms with Crippen molar-refractivity contribution in [3.05, 3.63) is 42.1 Å². The molecule has 6 nitrogen and oxygen atoms in total. The molecule has 106 valence electrons. The van der Waals surface area contributed by atoms with Gasteiger partial charge in [-0.3, -0.25) is 4.98 Å². The van der Waals surface area contributed by atoms with E-state index in [0.717, 1.165) is 11.1 Å². The molecule has 0 spiro atoms. The molecule has 2 N–H and O–H groups in total. The molecule has 0 fully saturated rings. The number of hydrogen-bond donors (Lipinski definition) is 1. The van der Waals surface area contributed by atoms with Crippen molar-refractivity contribution >= 4 is 5.69 Å². The van der Waals surface area contributed by atoms with E-state index in [-0.39, 0.29) is 0 Å². The Morgan fingerprint density at radius 1 is 1.24 bits per heavy atom.